The van der Waals surface area contributed by atoms with E-state index < -0.39 is 0 Å². The van der Waals surface area contributed by atoms with Crippen LogP contribution in [0.5, 0.6) is 0 Å². The molecule has 0 spiro atoms. The molecule has 0 aliphatic rings. The second-order valence-corrected chi connectivity index (χ2v) is 5.93. The zero-order valence-corrected chi connectivity index (χ0v) is 12.1. The number of halogens is 1. The van der Waals surface area contributed by atoms with Crippen LogP contribution < -0.4 is 10.6 Å². The molecule has 1 aromatic rings. The van der Waals surface area contributed by atoms with E-state index in [0.717, 1.165) is 10.0 Å². The number of benzene rings is 1. The number of rotatable bonds is 4. The Labute approximate surface area is 111 Å². The molecule has 1 rings (SSSR count). The van der Waals surface area contributed by atoms with Gasteiger partial charge in [0, 0.05) is 16.6 Å². The molecular formula is C13H19BrN2O. The van der Waals surface area contributed by atoms with E-state index in [0.29, 0.717) is 13.1 Å². The Morgan fingerprint density at radius 2 is 2.06 bits per heavy atom. The number of amides is 1. The Morgan fingerprint density at radius 1 is 1.35 bits per heavy atom. The minimum atomic E-state index is -0.0346. The molecule has 0 saturated heterocycles. The summed E-state index contributed by atoms with van der Waals surface area (Å²) in [7, 11) is 0. The van der Waals surface area contributed by atoms with Crippen LogP contribution in [0.1, 0.15) is 26.3 Å². The molecule has 0 saturated carbocycles. The van der Waals surface area contributed by atoms with Crippen molar-refractivity contribution in [1.82, 2.24) is 10.6 Å². The maximum atomic E-state index is 11.6. The van der Waals surface area contributed by atoms with Gasteiger partial charge in [0.1, 0.15) is 0 Å². The Morgan fingerprint density at radius 3 is 2.65 bits per heavy atom. The van der Waals surface area contributed by atoms with E-state index in [-0.39, 0.29) is 11.4 Å². The highest BCUT2D eigenvalue weighted by Crippen LogP contribution is 2.11. The first kappa shape index (κ1) is 14.2. The van der Waals surface area contributed by atoms with Gasteiger partial charge >= 0.3 is 0 Å². The number of hydrogen-bond acceptors (Lipinski definition) is 2. The average Bonchev–Trinajstić information content (AvgIpc) is 2.23. The van der Waals surface area contributed by atoms with Crippen LogP contribution in [-0.2, 0) is 11.3 Å². The average molecular weight is 299 g/mol. The topological polar surface area (TPSA) is 41.1 Å². The van der Waals surface area contributed by atoms with Gasteiger partial charge in [-0.3, -0.25) is 4.79 Å². The summed E-state index contributed by atoms with van der Waals surface area (Å²) < 4.78 is 1.03. The maximum absolute atomic E-state index is 11.6. The lowest BCUT2D eigenvalue weighted by molar-refractivity contribution is -0.120. The number of nitrogens with one attached hydrogen (secondary N) is 2. The summed E-state index contributed by atoms with van der Waals surface area (Å²) in [6.07, 6.45) is 0. The summed E-state index contributed by atoms with van der Waals surface area (Å²) >= 11 is 3.40. The molecule has 1 amide bonds. The van der Waals surface area contributed by atoms with Gasteiger partial charge in [-0.25, -0.2) is 0 Å². The predicted octanol–water partition coefficient (Wildman–Crippen LogP) is 2.45. The molecule has 0 unspecified atom stereocenters. The standard InChI is InChI=1S/C13H19BrN2O/c1-13(2,3)16-9-12(17)15-8-10-5-4-6-11(14)7-10/h4-7,16H,8-9H2,1-3H3,(H,15,17). The highest BCUT2D eigenvalue weighted by atomic mass is 79.9. The molecule has 1 aromatic carbocycles. The molecule has 17 heavy (non-hydrogen) atoms. The number of hydrogen-bond donors (Lipinski definition) is 2. The van der Waals surface area contributed by atoms with Gasteiger partial charge in [0.15, 0.2) is 0 Å². The lowest BCUT2D eigenvalue weighted by Crippen LogP contribution is -2.43. The fraction of sp³-hybridized carbons (Fsp3) is 0.462. The molecule has 0 radical (unpaired) electrons. The lowest BCUT2D eigenvalue weighted by Gasteiger charge is -2.20. The van der Waals surface area contributed by atoms with Crippen molar-refractivity contribution in [3.63, 3.8) is 0 Å². The molecule has 0 aliphatic carbocycles. The third-order valence-corrected chi connectivity index (χ3v) is 2.65. The van der Waals surface area contributed by atoms with E-state index in [9.17, 15) is 4.79 Å². The van der Waals surface area contributed by atoms with Crippen LogP contribution in [0.2, 0.25) is 0 Å². The maximum Gasteiger partial charge on any atom is 0.234 e. The Balaban J connectivity index is 2.33. The molecule has 94 valence electrons. The van der Waals surface area contributed by atoms with E-state index in [4.69, 9.17) is 0 Å². The molecule has 0 fully saturated rings. The van der Waals surface area contributed by atoms with E-state index >= 15 is 0 Å². The Hall–Kier alpha value is -0.870. The number of carbonyl (C=O) groups is 1. The van der Waals surface area contributed by atoms with Crippen molar-refractivity contribution >= 4 is 21.8 Å². The second kappa shape index (κ2) is 6.17. The van der Waals surface area contributed by atoms with Gasteiger partial charge in [-0.15, -0.1) is 0 Å². The third kappa shape index (κ3) is 6.44. The molecule has 0 aromatic heterocycles. The third-order valence-electron chi connectivity index (χ3n) is 2.16. The first-order chi connectivity index (χ1) is 7.87. The van der Waals surface area contributed by atoms with Gasteiger partial charge in [-0.1, -0.05) is 28.1 Å². The van der Waals surface area contributed by atoms with Gasteiger partial charge < -0.3 is 10.6 Å². The summed E-state index contributed by atoms with van der Waals surface area (Å²) in [5, 5.41) is 6.02. The van der Waals surface area contributed by atoms with E-state index in [1.807, 2.05) is 45.0 Å². The molecule has 3 nitrogen and oxygen atoms in total. The number of carbonyl (C=O) groups excluding carboxylic acids is 1. The molecular weight excluding hydrogens is 280 g/mol. The summed E-state index contributed by atoms with van der Waals surface area (Å²) in [6.45, 7) is 7.01. The summed E-state index contributed by atoms with van der Waals surface area (Å²) in [4.78, 5) is 11.6. The fourth-order valence-corrected chi connectivity index (χ4v) is 1.70. The van der Waals surface area contributed by atoms with E-state index in [2.05, 4.69) is 26.6 Å². The minimum Gasteiger partial charge on any atom is -0.351 e. The molecule has 4 heteroatoms. The van der Waals surface area contributed by atoms with Crippen LogP contribution in [-0.4, -0.2) is 18.0 Å². The summed E-state index contributed by atoms with van der Waals surface area (Å²) in [5.41, 5.74) is 1.05. The van der Waals surface area contributed by atoms with Gasteiger partial charge in [0.25, 0.3) is 0 Å². The second-order valence-electron chi connectivity index (χ2n) is 5.01. The van der Waals surface area contributed by atoms with Crippen molar-refractivity contribution in [1.29, 1.82) is 0 Å². The van der Waals surface area contributed by atoms with Crippen LogP contribution >= 0.6 is 15.9 Å². The van der Waals surface area contributed by atoms with Crippen LogP contribution in [0.15, 0.2) is 28.7 Å². The van der Waals surface area contributed by atoms with Crippen molar-refractivity contribution in [3.8, 4) is 0 Å². The molecule has 0 atom stereocenters. The zero-order valence-electron chi connectivity index (χ0n) is 10.5. The summed E-state index contributed by atoms with van der Waals surface area (Å²) in [6, 6.07) is 7.91. The van der Waals surface area contributed by atoms with Crippen molar-refractivity contribution < 1.29 is 4.79 Å². The first-order valence-electron chi connectivity index (χ1n) is 5.63. The molecule has 0 bridgehead atoms. The van der Waals surface area contributed by atoms with Crippen molar-refractivity contribution in [2.45, 2.75) is 32.9 Å². The van der Waals surface area contributed by atoms with Crippen LogP contribution in [0, 0.1) is 0 Å². The normalized spacial score (nSPS) is 11.3. The van der Waals surface area contributed by atoms with Crippen molar-refractivity contribution in [2.75, 3.05) is 6.54 Å². The van der Waals surface area contributed by atoms with Crippen LogP contribution in [0.25, 0.3) is 0 Å². The lowest BCUT2D eigenvalue weighted by atomic mass is 10.1. The van der Waals surface area contributed by atoms with Gasteiger partial charge in [-0.2, -0.15) is 0 Å². The highest BCUT2D eigenvalue weighted by Gasteiger charge is 2.10. The largest absolute Gasteiger partial charge is 0.351 e. The monoisotopic (exact) mass is 298 g/mol. The zero-order chi connectivity index (χ0) is 12.9. The Bertz CT molecular complexity index is 385. The van der Waals surface area contributed by atoms with Crippen molar-refractivity contribution in [2.24, 2.45) is 0 Å². The summed E-state index contributed by atoms with van der Waals surface area (Å²) in [5.74, 6) is 0.0138. The molecule has 0 heterocycles. The smallest absolute Gasteiger partial charge is 0.234 e. The fourth-order valence-electron chi connectivity index (χ4n) is 1.26. The minimum absolute atomic E-state index is 0.0138. The van der Waals surface area contributed by atoms with Crippen LogP contribution in [0.3, 0.4) is 0 Å². The SMILES string of the molecule is CC(C)(C)NCC(=O)NCc1cccc(Br)c1. The highest BCUT2D eigenvalue weighted by molar-refractivity contribution is 9.10. The van der Waals surface area contributed by atoms with Crippen molar-refractivity contribution in [3.05, 3.63) is 34.3 Å². The molecule has 0 aliphatic heterocycles. The quantitative estimate of drug-likeness (QED) is 0.896. The van der Waals surface area contributed by atoms with Crippen LogP contribution in [0.4, 0.5) is 0 Å². The molecule has 2 N–H and O–H groups in total. The predicted molar refractivity (Wildman–Crippen MR) is 73.7 cm³/mol. The van der Waals surface area contributed by atoms with Gasteiger partial charge in [0.2, 0.25) is 5.91 Å². The van der Waals surface area contributed by atoms with E-state index in [1.165, 1.54) is 0 Å². The first-order valence-corrected chi connectivity index (χ1v) is 6.42. The Kier molecular flexibility index (Phi) is 5.15. The van der Waals surface area contributed by atoms with E-state index in [1.54, 1.807) is 0 Å². The van der Waals surface area contributed by atoms with Gasteiger partial charge in [-0.05, 0) is 38.5 Å². The van der Waals surface area contributed by atoms with Gasteiger partial charge in [0.05, 0.1) is 6.54 Å².